The molecule has 10 heteroatoms. The molecule has 1 N–H and O–H groups in total. The molecule has 28 heavy (non-hydrogen) atoms. The number of ether oxygens (including phenoxy) is 1. The van der Waals surface area contributed by atoms with Gasteiger partial charge in [0.15, 0.2) is 5.75 Å². The molecule has 0 aliphatic carbocycles. The summed E-state index contributed by atoms with van der Waals surface area (Å²) in [6, 6.07) is 9.19. The fraction of sp³-hybridized carbons (Fsp3) is 0.111. The molecule has 0 spiro atoms. The number of methoxy groups -OCH3 is 1. The van der Waals surface area contributed by atoms with E-state index in [-0.39, 0.29) is 22.8 Å². The van der Waals surface area contributed by atoms with Crippen molar-refractivity contribution in [3.8, 4) is 11.5 Å². The van der Waals surface area contributed by atoms with Crippen molar-refractivity contribution in [3.63, 3.8) is 0 Å². The molecular formula is C18H13ClN2O6S. The Morgan fingerprint density at radius 3 is 2.57 bits per heavy atom. The standard InChI is InChI=1S/C18H13ClN2O6S/c1-27-14-7-11(6-13(16(14)22)21(25)26)8-15-17(23)20(18(24)28-15)9-10-2-4-12(19)5-3-10/h2-8,22H,9H2,1H3/b15-8+. The lowest BCUT2D eigenvalue weighted by molar-refractivity contribution is -0.386. The van der Waals surface area contributed by atoms with Crippen LogP contribution >= 0.6 is 23.4 Å². The third-order valence-corrected chi connectivity index (χ3v) is 5.08. The van der Waals surface area contributed by atoms with Crippen LogP contribution in [0.2, 0.25) is 5.02 Å². The first-order chi connectivity index (χ1) is 13.3. The molecule has 8 nitrogen and oxygen atoms in total. The Hall–Kier alpha value is -3.04. The Bertz CT molecular complexity index is 1010. The molecule has 2 amide bonds. The highest BCUT2D eigenvalue weighted by Crippen LogP contribution is 2.39. The number of phenols is 1. The van der Waals surface area contributed by atoms with E-state index < -0.39 is 27.5 Å². The number of carbonyl (C=O) groups excluding carboxylic acids is 2. The van der Waals surface area contributed by atoms with E-state index in [1.807, 2.05) is 0 Å². The van der Waals surface area contributed by atoms with E-state index in [0.717, 1.165) is 28.3 Å². The molecule has 1 heterocycles. The first-order valence-electron chi connectivity index (χ1n) is 7.85. The van der Waals surface area contributed by atoms with Crippen LogP contribution in [0.25, 0.3) is 6.08 Å². The van der Waals surface area contributed by atoms with E-state index in [2.05, 4.69) is 0 Å². The van der Waals surface area contributed by atoms with Crippen LogP contribution in [0.1, 0.15) is 11.1 Å². The third-order valence-electron chi connectivity index (χ3n) is 3.92. The number of amides is 2. The van der Waals surface area contributed by atoms with Crippen molar-refractivity contribution < 1.29 is 24.4 Å². The van der Waals surface area contributed by atoms with Crippen molar-refractivity contribution in [3.05, 3.63) is 67.6 Å². The summed E-state index contributed by atoms with van der Waals surface area (Å²) in [5, 5.41) is 21.0. The summed E-state index contributed by atoms with van der Waals surface area (Å²) in [6.45, 7) is 0.0816. The van der Waals surface area contributed by atoms with Gasteiger partial charge in [-0.15, -0.1) is 0 Å². The number of thioether (sulfide) groups is 1. The first-order valence-corrected chi connectivity index (χ1v) is 9.05. The maximum atomic E-state index is 12.6. The molecule has 2 aromatic carbocycles. The predicted molar refractivity (Wildman–Crippen MR) is 104 cm³/mol. The minimum absolute atomic E-state index is 0.0816. The van der Waals surface area contributed by atoms with E-state index in [9.17, 15) is 24.8 Å². The molecule has 1 aliphatic heterocycles. The molecule has 0 atom stereocenters. The number of phenolic OH excluding ortho intramolecular Hbond substituents is 1. The average molecular weight is 421 g/mol. The van der Waals surface area contributed by atoms with E-state index in [0.29, 0.717) is 5.02 Å². The van der Waals surface area contributed by atoms with Crippen LogP contribution in [0, 0.1) is 10.1 Å². The van der Waals surface area contributed by atoms with Crippen molar-refractivity contribution >= 4 is 46.3 Å². The Morgan fingerprint density at radius 2 is 1.96 bits per heavy atom. The summed E-state index contributed by atoms with van der Waals surface area (Å²) in [5.74, 6) is -1.24. The quantitative estimate of drug-likeness (QED) is 0.438. The number of benzene rings is 2. The van der Waals surface area contributed by atoms with E-state index in [1.165, 1.54) is 19.3 Å². The summed E-state index contributed by atoms with van der Waals surface area (Å²) < 4.78 is 4.94. The van der Waals surface area contributed by atoms with E-state index in [1.54, 1.807) is 24.3 Å². The van der Waals surface area contributed by atoms with Gasteiger partial charge in [-0.3, -0.25) is 24.6 Å². The highest BCUT2D eigenvalue weighted by Gasteiger charge is 2.35. The zero-order chi connectivity index (χ0) is 20.4. The SMILES string of the molecule is COc1cc(/C=C2/SC(=O)N(Cc3ccc(Cl)cc3)C2=O)cc([N+](=O)[O-])c1O. The molecule has 0 unspecified atom stereocenters. The number of halogens is 1. The number of rotatable bonds is 5. The van der Waals surface area contributed by atoms with Gasteiger partial charge < -0.3 is 9.84 Å². The van der Waals surface area contributed by atoms with Gasteiger partial charge in [0.2, 0.25) is 5.75 Å². The highest BCUT2D eigenvalue weighted by molar-refractivity contribution is 8.18. The summed E-state index contributed by atoms with van der Waals surface area (Å²) in [7, 11) is 1.25. The fourth-order valence-electron chi connectivity index (χ4n) is 2.55. The molecule has 0 radical (unpaired) electrons. The van der Waals surface area contributed by atoms with Gasteiger partial charge in [0.25, 0.3) is 11.1 Å². The van der Waals surface area contributed by atoms with Gasteiger partial charge in [-0.05, 0) is 47.2 Å². The van der Waals surface area contributed by atoms with Gasteiger partial charge in [0.05, 0.1) is 23.5 Å². The largest absolute Gasteiger partial charge is 0.500 e. The van der Waals surface area contributed by atoms with Crippen LogP contribution in [0.3, 0.4) is 0 Å². The van der Waals surface area contributed by atoms with Crippen molar-refractivity contribution in [2.24, 2.45) is 0 Å². The Balaban J connectivity index is 1.90. The van der Waals surface area contributed by atoms with Crippen LogP contribution in [-0.4, -0.2) is 33.2 Å². The van der Waals surface area contributed by atoms with Gasteiger partial charge in [0.1, 0.15) is 0 Å². The van der Waals surface area contributed by atoms with Crippen molar-refractivity contribution in [1.29, 1.82) is 0 Å². The van der Waals surface area contributed by atoms with Crippen molar-refractivity contribution in [2.45, 2.75) is 6.54 Å². The minimum Gasteiger partial charge on any atom is -0.500 e. The second kappa shape index (κ2) is 7.91. The fourth-order valence-corrected chi connectivity index (χ4v) is 3.52. The second-order valence-corrected chi connectivity index (χ2v) is 7.17. The lowest BCUT2D eigenvalue weighted by Crippen LogP contribution is -2.27. The molecule has 0 bridgehead atoms. The molecule has 3 rings (SSSR count). The topological polar surface area (TPSA) is 110 Å². The van der Waals surface area contributed by atoms with Gasteiger partial charge in [0, 0.05) is 11.1 Å². The maximum Gasteiger partial charge on any atom is 0.315 e. The number of carbonyl (C=O) groups is 2. The summed E-state index contributed by atoms with van der Waals surface area (Å²) in [5.41, 5.74) is 0.416. The number of imide groups is 1. The van der Waals surface area contributed by atoms with Crippen LogP contribution in [-0.2, 0) is 11.3 Å². The number of aromatic hydroxyl groups is 1. The molecule has 1 saturated heterocycles. The molecule has 144 valence electrons. The third kappa shape index (κ3) is 3.95. The lowest BCUT2D eigenvalue weighted by Gasteiger charge is -2.12. The highest BCUT2D eigenvalue weighted by atomic mass is 35.5. The van der Waals surface area contributed by atoms with E-state index in [4.69, 9.17) is 16.3 Å². The normalized spacial score (nSPS) is 15.4. The van der Waals surface area contributed by atoms with Crippen molar-refractivity contribution in [2.75, 3.05) is 7.11 Å². The van der Waals surface area contributed by atoms with Crippen LogP contribution in [0.15, 0.2) is 41.3 Å². The van der Waals surface area contributed by atoms with Gasteiger partial charge in [-0.1, -0.05) is 23.7 Å². The Morgan fingerprint density at radius 1 is 1.29 bits per heavy atom. The monoisotopic (exact) mass is 420 g/mol. The number of nitro benzene ring substituents is 1. The second-order valence-electron chi connectivity index (χ2n) is 5.74. The number of nitrogens with zero attached hydrogens (tertiary/aromatic N) is 2. The average Bonchev–Trinajstić information content (AvgIpc) is 2.91. The van der Waals surface area contributed by atoms with Crippen LogP contribution < -0.4 is 4.74 Å². The smallest absolute Gasteiger partial charge is 0.315 e. The zero-order valence-corrected chi connectivity index (χ0v) is 16.0. The van der Waals surface area contributed by atoms with Gasteiger partial charge in [-0.2, -0.15) is 0 Å². The predicted octanol–water partition coefficient (Wildman–Crippen LogP) is 4.20. The summed E-state index contributed by atoms with van der Waals surface area (Å²) in [4.78, 5) is 36.4. The summed E-state index contributed by atoms with van der Waals surface area (Å²) >= 11 is 6.56. The van der Waals surface area contributed by atoms with E-state index >= 15 is 0 Å². The first kappa shape index (κ1) is 19.7. The van der Waals surface area contributed by atoms with Crippen LogP contribution in [0.5, 0.6) is 11.5 Å². The minimum atomic E-state index is -0.762. The molecule has 0 aromatic heterocycles. The molecule has 2 aromatic rings. The Kier molecular flexibility index (Phi) is 5.57. The Labute approximate surface area is 168 Å². The lowest BCUT2D eigenvalue weighted by atomic mass is 10.1. The molecule has 1 fully saturated rings. The molecule has 1 aliphatic rings. The summed E-state index contributed by atoms with van der Waals surface area (Å²) in [6.07, 6.45) is 1.35. The number of nitro groups is 1. The van der Waals surface area contributed by atoms with Gasteiger partial charge >= 0.3 is 5.69 Å². The van der Waals surface area contributed by atoms with Gasteiger partial charge in [-0.25, -0.2) is 0 Å². The molecule has 0 saturated carbocycles. The van der Waals surface area contributed by atoms with Crippen LogP contribution in [0.4, 0.5) is 10.5 Å². The zero-order valence-electron chi connectivity index (χ0n) is 14.4. The maximum absolute atomic E-state index is 12.6. The number of hydrogen-bond acceptors (Lipinski definition) is 7. The number of hydrogen-bond donors (Lipinski definition) is 1. The van der Waals surface area contributed by atoms with Crippen molar-refractivity contribution in [1.82, 2.24) is 4.90 Å². The molecular weight excluding hydrogens is 408 g/mol.